The smallest absolute Gasteiger partial charge is 0.261 e. The summed E-state index contributed by atoms with van der Waals surface area (Å²) in [6, 6.07) is 22.5. The van der Waals surface area contributed by atoms with E-state index in [1.54, 1.807) is 28.9 Å². The minimum absolute atomic E-state index is 0.0282. The Kier molecular flexibility index (Phi) is 5.36. The second-order valence-corrected chi connectivity index (χ2v) is 7.54. The molecule has 5 heteroatoms. The van der Waals surface area contributed by atoms with Crippen LogP contribution in [0.15, 0.2) is 78.9 Å². The van der Waals surface area contributed by atoms with Crippen molar-refractivity contribution < 1.29 is 14.0 Å². The summed E-state index contributed by atoms with van der Waals surface area (Å²) in [4.78, 5) is 29.3. The molecular weight excluding hydrogens is 379 g/mol. The van der Waals surface area contributed by atoms with Crippen molar-refractivity contribution in [3.8, 4) is 0 Å². The lowest BCUT2D eigenvalue weighted by atomic mass is 9.89. The summed E-state index contributed by atoms with van der Waals surface area (Å²) in [6.07, 6.45) is 0.547. The Morgan fingerprint density at radius 1 is 0.933 bits per heavy atom. The van der Waals surface area contributed by atoms with Gasteiger partial charge in [-0.15, -0.1) is 0 Å². The first-order valence-electron chi connectivity index (χ1n) is 10.0. The summed E-state index contributed by atoms with van der Waals surface area (Å²) < 4.78 is 14.5. The average Bonchev–Trinajstić information content (AvgIpc) is 2.74. The summed E-state index contributed by atoms with van der Waals surface area (Å²) in [7, 11) is 0. The van der Waals surface area contributed by atoms with Gasteiger partial charge in [0.05, 0.1) is 11.6 Å². The predicted molar refractivity (Wildman–Crippen MR) is 116 cm³/mol. The van der Waals surface area contributed by atoms with Gasteiger partial charge < -0.3 is 9.80 Å². The molecule has 1 aliphatic heterocycles. The number of fused-ring (bicyclic) bond motifs is 1. The Labute approximate surface area is 175 Å². The second kappa shape index (κ2) is 8.11. The molecule has 2 amide bonds. The lowest BCUT2D eigenvalue weighted by Gasteiger charge is -2.43. The molecule has 2 atom stereocenters. The van der Waals surface area contributed by atoms with Crippen LogP contribution < -0.4 is 9.80 Å². The molecule has 1 aliphatic rings. The van der Waals surface area contributed by atoms with Crippen LogP contribution in [0.2, 0.25) is 0 Å². The highest BCUT2D eigenvalue weighted by Gasteiger charge is 2.38. The molecule has 30 heavy (non-hydrogen) atoms. The standard InChI is InChI=1S/C25H23FN2O2/c1-17-16-24(21-13-7-9-15-23(21)27(17)18(2)29)28(19-10-4-3-5-11-19)25(30)20-12-6-8-14-22(20)26/h3-15,17,24H,16H2,1-2H3/t17-,24+/m1/s1. The second-order valence-electron chi connectivity index (χ2n) is 7.54. The van der Waals surface area contributed by atoms with Crippen molar-refractivity contribution >= 4 is 23.2 Å². The van der Waals surface area contributed by atoms with Crippen LogP contribution in [-0.2, 0) is 4.79 Å². The quantitative estimate of drug-likeness (QED) is 0.592. The third-order valence-corrected chi connectivity index (χ3v) is 5.57. The van der Waals surface area contributed by atoms with Crippen LogP contribution >= 0.6 is 0 Å². The Balaban J connectivity index is 1.88. The Hall–Kier alpha value is -3.47. The van der Waals surface area contributed by atoms with Crippen LogP contribution in [0, 0.1) is 5.82 Å². The predicted octanol–water partition coefficient (Wildman–Crippen LogP) is 5.36. The average molecular weight is 402 g/mol. The zero-order valence-corrected chi connectivity index (χ0v) is 17.0. The van der Waals surface area contributed by atoms with Crippen LogP contribution in [0.1, 0.15) is 42.2 Å². The highest BCUT2D eigenvalue weighted by atomic mass is 19.1. The molecule has 0 bridgehead atoms. The van der Waals surface area contributed by atoms with Gasteiger partial charge >= 0.3 is 0 Å². The van der Waals surface area contributed by atoms with Crippen molar-refractivity contribution in [1.82, 2.24) is 0 Å². The fraction of sp³-hybridized carbons (Fsp3) is 0.200. The fourth-order valence-electron chi connectivity index (χ4n) is 4.30. The van der Waals surface area contributed by atoms with E-state index < -0.39 is 11.7 Å². The highest BCUT2D eigenvalue weighted by molar-refractivity contribution is 6.07. The molecule has 4 rings (SSSR count). The lowest BCUT2D eigenvalue weighted by molar-refractivity contribution is -0.117. The Bertz CT molecular complexity index is 1080. The monoisotopic (exact) mass is 402 g/mol. The molecule has 0 radical (unpaired) electrons. The van der Waals surface area contributed by atoms with E-state index in [1.807, 2.05) is 61.5 Å². The van der Waals surface area contributed by atoms with Gasteiger partial charge in [-0.2, -0.15) is 0 Å². The van der Waals surface area contributed by atoms with Gasteiger partial charge in [-0.25, -0.2) is 4.39 Å². The van der Waals surface area contributed by atoms with Gasteiger partial charge in [-0.3, -0.25) is 9.59 Å². The topological polar surface area (TPSA) is 40.6 Å². The summed E-state index contributed by atoms with van der Waals surface area (Å²) in [5.74, 6) is -0.992. The van der Waals surface area contributed by atoms with E-state index >= 15 is 0 Å². The lowest BCUT2D eigenvalue weighted by Crippen LogP contribution is -2.47. The van der Waals surface area contributed by atoms with Gasteiger partial charge in [-0.1, -0.05) is 48.5 Å². The number of carbonyl (C=O) groups excluding carboxylic acids is 2. The Morgan fingerprint density at radius 2 is 1.57 bits per heavy atom. The first-order valence-corrected chi connectivity index (χ1v) is 10.0. The van der Waals surface area contributed by atoms with Gasteiger partial charge in [0.1, 0.15) is 5.82 Å². The zero-order valence-electron chi connectivity index (χ0n) is 17.0. The maximum atomic E-state index is 14.5. The third kappa shape index (κ3) is 3.47. The molecule has 1 heterocycles. The number of nitrogens with zero attached hydrogens (tertiary/aromatic N) is 2. The number of hydrogen-bond acceptors (Lipinski definition) is 2. The molecular formula is C25H23FN2O2. The van der Waals surface area contributed by atoms with Crippen LogP contribution in [0.5, 0.6) is 0 Å². The van der Waals surface area contributed by atoms with E-state index in [0.29, 0.717) is 12.1 Å². The number of halogens is 1. The number of para-hydroxylation sites is 2. The van der Waals surface area contributed by atoms with Crippen LogP contribution in [0.4, 0.5) is 15.8 Å². The minimum Gasteiger partial charge on any atom is -0.309 e. The molecule has 0 aromatic heterocycles. The summed E-state index contributed by atoms with van der Waals surface area (Å²) in [5, 5.41) is 0. The molecule has 0 saturated heterocycles. The normalized spacial score (nSPS) is 17.9. The van der Waals surface area contributed by atoms with Crippen molar-refractivity contribution in [2.45, 2.75) is 32.4 Å². The van der Waals surface area contributed by atoms with Crippen LogP contribution in [-0.4, -0.2) is 17.9 Å². The van der Waals surface area contributed by atoms with Gasteiger partial charge in [0.2, 0.25) is 5.91 Å². The molecule has 0 saturated carbocycles. The number of amides is 2. The molecule has 152 valence electrons. The molecule has 4 nitrogen and oxygen atoms in total. The van der Waals surface area contributed by atoms with Crippen molar-refractivity contribution in [2.24, 2.45) is 0 Å². The first kappa shape index (κ1) is 19.8. The largest absolute Gasteiger partial charge is 0.309 e. The van der Waals surface area contributed by atoms with E-state index in [-0.39, 0.29) is 23.6 Å². The van der Waals surface area contributed by atoms with Crippen LogP contribution in [0.3, 0.4) is 0 Å². The van der Waals surface area contributed by atoms with Gasteiger partial charge in [0.25, 0.3) is 5.91 Å². The Morgan fingerprint density at radius 3 is 2.27 bits per heavy atom. The van der Waals surface area contributed by atoms with Crippen LogP contribution in [0.25, 0.3) is 0 Å². The van der Waals surface area contributed by atoms with Gasteiger partial charge in [-0.05, 0) is 49.2 Å². The summed E-state index contributed by atoms with van der Waals surface area (Å²) in [5.41, 5.74) is 2.38. The van der Waals surface area contributed by atoms with Crippen molar-refractivity contribution in [3.63, 3.8) is 0 Å². The van der Waals surface area contributed by atoms with E-state index in [1.165, 1.54) is 12.1 Å². The number of benzene rings is 3. The van der Waals surface area contributed by atoms with E-state index in [2.05, 4.69) is 0 Å². The maximum Gasteiger partial charge on any atom is 0.261 e. The van der Waals surface area contributed by atoms with E-state index in [0.717, 1.165) is 11.3 Å². The van der Waals surface area contributed by atoms with Crippen molar-refractivity contribution in [3.05, 3.63) is 95.8 Å². The summed E-state index contributed by atoms with van der Waals surface area (Å²) >= 11 is 0. The van der Waals surface area contributed by atoms with E-state index in [9.17, 15) is 14.0 Å². The fourth-order valence-corrected chi connectivity index (χ4v) is 4.30. The van der Waals surface area contributed by atoms with Crippen molar-refractivity contribution in [1.29, 1.82) is 0 Å². The molecule has 0 fully saturated rings. The van der Waals surface area contributed by atoms with Gasteiger partial charge in [0, 0.05) is 24.3 Å². The molecule has 0 aliphatic carbocycles. The minimum atomic E-state index is -0.550. The molecule has 3 aromatic rings. The zero-order chi connectivity index (χ0) is 21.3. The van der Waals surface area contributed by atoms with Gasteiger partial charge in [0.15, 0.2) is 0 Å². The highest BCUT2D eigenvalue weighted by Crippen LogP contribution is 2.42. The summed E-state index contributed by atoms with van der Waals surface area (Å²) in [6.45, 7) is 3.52. The number of rotatable bonds is 3. The number of anilines is 2. The SMILES string of the molecule is CC(=O)N1c2ccccc2[C@@H](N(C(=O)c2ccccc2F)c2ccccc2)C[C@H]1C. The molecule has 0 spiro atoms. The first-order chi connectivity index (χ1) is 14.5. The number of hydrogen-bond donors (Lipinski definition) is 0. The third-order valence-electron chi connectivity index (χ3n) is 5.57. The van der Waals surface area contributed by atoms with Crippen molar-refractivity contribution in [2.75, 3.05) is 9.80 Å². The molecule has 0 unspecified atom stereocenters. The molecule has 3 aromatic carbocycles. The maximum absolute atomic E-state index is 14.5. The number of carbonyl (C=O) groups is 2. The van der Waals surface area contributed by atoms with E-state index in [4.69, 9.17) is 0 Å². The molecule has 0 N–H and O–H groups in total.